The Kier molecular flexibility index (Phi) is 7.14. The van der Waals surface area contributed by atoms with Crippen LogP contribution in [0.2, 0.25) is 0 Å². The number of carbonyl (C=O) groups is 1. The number of nitrogens with zero attached hydrogens (tertiary/aromatic N) is 2. The molecule has 0 radical (unpaired) electrons. The van der Waals surface area contributed by atoms with Crippen molar-refractivity contribution >= 4 is 32.0 Å². The van der Waals surface area contributed by atoms with Crippen LogP contribution in [0.15, 0.2) is 101 Å². The number of rotatable bonds is 7. The molecule has 2 amide bonds. The molecule has 0 saturated heterocycles. The van der Waals surface area contributed by atoms with Crippen LogP contribution in [0.3, 0.4) is 0 Å². The fraction of sp³-hybridized carbons (Fsp3) is 0.120. The molecule has 3 aromatic carbocycles. The zero-order valence-corrected chi connectivity index (χ0v) is 20.8. The van der Waals surface area contributed by atoms with Gasteiger partial charge in [0.15, 0.2) is 0 Å². The molecule has 7 nitrogen and oxygen atoms in total. The van der Waals surface area contributed by atoms with E-state index in [-0.39, 0.29) is 4.90 Å². The van der Waals surface area contributed by atoms with Gasteiger partial charge in [0.2, 0.25) is 0 Å². The smallest absolute Gasteiger partial charge is 0.327 e. The number of hydrogen-bond acceptors (Lipinski definition) is 4. The van der Waals surface area contributed by atoms with E-state index in [4.69, 9.17) is 0 Å². The normalized spacial score (nSPS) is 12.2. The van der Waals surface area contributed by atoms with Crippen LogP contribution >= 0.6 is 15.9 Å². The highest BCUT2D eigenvalue weighted by Crippen LogP contribution is 2.23. The summed E-state index contributed by atoms with van der Waals surface area (Å²) in [5.74, 6) is 0.574. The van der Waals surface area contributed by atoms with Crippen LogP contribution in [0.1, 0.15) is 23.0 Å². The highest BCUT2D eigenvalue weighted by Gasteiger charge is 2.25. The molecule has 1 heterocycles. The summed E-state index contributed by atoms with van der Waals surface area (Å²) < 4.78 is 30.5. The first-order chi connectivity index (χ1) is 16.3. The van der Waals surface area contributed by atoms with Crippen LogP contribution in [0.5, 0.6) is 0 Å². The van der Waals surface area contributed by atoms with Crippen molar-refractivity contribution in [1.29, 1.82) is 0 Å². The minimum atomic E-state index is -4.04. The van der Waals surface area contributed by atoms with Crippen molar-refractivity contribution in [2.75, 3.05) is 0 Å². The monoisotopic (exact) mass is 538 g/mol. The SMILES string of the molecule is Cc1ccccc1S(=O)(=O)NC(=O)N[C@@H](Cc1ccccc1)c1nccn1-c1cccc(Br)c1. The standard InChI is InChI=1S/C25H23BrN4O3S/c1-18-8-5-6-13-23(18)34(32,33)29-25(31)28-22(16-19-9-3-2-4-10-19)24-27-14-15-30(24)21-12-7-11-20(26)17-21/h2-15,17,22H,16H2,1H3,(H2,28,29,31)/t22-/m0/s1. The molecule has 2 N–H and O–H groups in total. The lowest BCUT2D eigenvalue weighted by atomic mass is 10.1. The van der Waals surface area contributed by atoms with Crippen LogP contribution < -0.4 is 10.0 Å². The van der Waals surface area contributed by atoms with Gasteiger partial charge in [0, 0.05) is 22.6 Å². The largest absolute Gasteiger partial charge is 0.329 e. The van der Waals surface area contributed by atoms with Gasteiger partial charge in [0.25, 0.3) is 10.0 Å². The van der Waals surface area contributed by atoms with Crippen molar-refractivity contribution in [3.8, 4) is 5.69 Å². The Bertz CT molecular complexity index is 1400. The maximum absolute atomic E-state index is 12.9. The van der Waals surface area contributed by atoms with Gasteiger partial charge in [-0.3, -0.25) is 0 Å². The summed E-state index contributed by atoms with van der Waals surface area (Å²) in [5, 5.41) is 2.81. The summed E-state index contributed by atoms with van der Waals surface area (Å²) in [5.41, 5.74) is 2.38. The van der Waals surface area contributed by atoms with Crippen molar-refractivity contribution < 1.29 is 13.2 Å². The summed E-state index contributed by atoms with van der Waals surface area (Å²) in [7, 11) is -4.04. The van der Waals surface area contributed by atoms with Crippen LogP contribution in [0, 0.1) is 6.92 Å². The Labute approximate surface area is 207 Å². The number of hydrogen-bond donors (Lipinski definition) is 2. The van der Waals surface area contributed by atoms with Crippen molar-refractivity contribution in [3.63, 3.8) is 0 Å². The van der Waals surface area contributed by atoms with Gasteiger partial charge in [-0.1, -0.05) is 70.5 Å². The molecule has 4 rings (SSSR count). The number of sulfonamides is 1. The Morgan fingerprint density at radius 3 is 2.50 bits per heavy atom. The second kappa shape index (κ2) is 10.2. The number of aromatic nitrogens is 2. The molecule has 0 aliphatic rings. The highest BCUT2D eigenvalue weighted by atomic mass is 79.9. The first kappa shape index (κ1) is 23.7. The molecular weight excluding hydrogens is 516 g/mol. The van der Waals surface area contributed by atoms with E-state index in [1.165, 1.54) is 6.07 Å². The topological polar surface area (TPSA) is 93.1 Å². The number of carbonyl (C=O) groups excluding carboxylic acids is 1. The Morgan fingerprint density at radius 1 is 1.03 bits per heavy atom. The zero-order valence-electron chi connectivity index (χ0n) is 18.4. The molecule has 1 atom stereocenters. The van der Waals surface area contributed by atoms with E-state index in [1.54, 1.807) is 37.5 Å². The number of halogens is 1. The minimum Gasteiger partial charge on any atom is -0.327 e. The Balaban J connectivity index is 1.64. The van der Waals surface area contributed by atoms with E-state index in [9.17, 15) is 13.2 Å². The van der Waals surface area contributed by atoms with Crippen LogP contribution in [-0.4, -0.2) is 24.0 Å². The number of nitrogens with one attached hydrogen (secondary N) is 2. The Morgan fingerprint density at radius 2 is 1.76 bits per heavy atom. The van der Waals surface area contributed by atoms with Crippen molar-refractivity contribution in [2.24, 2.45) is 0 Å². The molecule has 0 aliphatic carbocycles. The summed E-state index contributed by atoms with van der Waals surface area (Å²) in [4.78, 5) is 17.4. The minimum absolute atomic E-state index is 0.0559. The third-order valence-corrected chi connectivity index (χ3v) is 7.25. The van der Waals surface area contributed by atoms with E-state index in [2.05, 4.69) is 31.0 Å². The van der Waals surface area contributed by atoms with Gasteiger partial charge in [-0.05, 0) is 48.7 Å². The fourth-order valence-electron chi connectivity index (χ4n) is 3.70. The number of benzene rings is 3. The quantitative estimate of drug-likeness (QED) is 0.349. The third-order valence-electron chi connectivity index (χ3n) is 5.27. The van der Waals surface area contributed by atoms with Gasteiger partial charge in [-0.25, -0.2) is 22.9 Å². The maximum atomic E-state index is 12.9. The lowest BCUT2D eigenvalue weighted by Crippen LogP contribution is -2.42. The van der Waals surface area contributed by atoms with Gasteiger partial charge in [-0.2, -0.15) is 0 Å². The Hall–Kier alpha value is -3.43. The lowest BCUT2D eigenvalue weighted by molar-refractivity contribution is 0.241. The average Bonchev–Trinajstić information content (AvgIpc) is 3.29. The maximum Gasteiger partial charge on any atom is 0.329 e. The molecule has 0 spiro atoms. The number of amides is 2. The van der Waals surface area contributed by atoms with Crippen molar-refractivity contribution in [1.82, 2.24) is 19.6 Å². The molecule has 174 valence electrons. The molecular formula is C25H23BrN4O3S. The summed E-state index contributed by atoms with van der Waals surface area (Å²) in [6.45, 7) is 1.68. The van der Waals surface area contributed by atoms with Crippen molar-refractivity contribution in [2.45, 2.75) is 24.3 Å². The van der Waals surface area contributed by atoms with Gasteiger partial charge >= 0.3 is 6.03 Å². The third kappa shape index (κ3) is 5.55. The number of imidazole rings is 1. The molecule has 34 heavy (non-hydrogen) atoms. The fourth-order valence-corrected chi connectivity index (χ4v) is 5.25. The summed E-state index contributed by atoms with van der Waals surface area (Å²) in [6, 6.07) is 22.4. The van der Waals surface area contributed by atoms with Crippen LogP contribution in [0.4, 0.5) is 4.79 Å². The van der Waals surface area contributed by atoms with Crippen LogP contribution in [0.25, 0.3) is 5.69 Å². The lowest BCUT2D eigenvalue weighted by Gasteiger charge is -2.21. The summed E-state index contributed by atoms with van der Waals surface area (Å²) >= 11 is 3.48. The van der Waals surface area contributed by atoms with Crippen molar-refractivity contribution in [3.05, 3.63) is 113 Å². The predicted molar refractivity (Wildman–Crippen MR) is 134 cm³/mol. The zero-order chi connectivity index (χ0) is 24.1. The summed E-state index contributed by atoms with van der Waals surface area (Å²) in [6.07, 6.45) is 3.88. The molecule has 0 saturated carbocycles. The van der Waals surface area contributed by atoms with Gasteiger partial charge in [0.05, 0.1) is 10.9 Å². The molecule has 0 fully saturated rings. The predicted octanol–water partition coefficient (Wildman–Crippen LogP) is 4.92. The number of urea groups is 1. The van der Waals surface area contributed by atoms with Crippen LogP contribution in [-0.2, 0) is 16.4 Å². The molecule has 0 aliphatic heterocycles. The molecule has 0 unspecified atom stereocenters. The van der Waals surface area contributed by atoms with Gasteiger partial charge in [-0.15, -0.1) is 0 Å². The molecule has 1 aromatic heterocycles. The molecule has 4 aromatic rings. The highest BCUT2D eigenvalue weighted by molar-refractivity contribution is 9.10. The first-order valence-electron chi connectivity index (χ1n) is 10.6. The van der Waals surface area contributed by atoms with E-state index < -0.39 is 22.1 Å². The average molecular weight is 539 g/mol. The second-order valence-electron chi connectivity index (χ2n) is 7.72. The molecule has 0 bridgehead atoms. The first-order valence-corrected chi connectivity index (χ1v) is 12.8. The van der Waals surface area contributed by atoms with E-state index in [0.29, 0.717) is 17.8 Å². The second-order valence-corrected chi connectivity index (χ2v) is 10.3. The molecule has 9 heteroatoms. The van der Waals surface area contributed by atoms with E-state index in [1.807, 2.05) is 59.2 Å². The van der Waals surface area contributed by atoms with Gasteiger partial charge < -0.3 is 9.88 Å². The number of aryl methyl sites for hydroxylation is 1. The van der Waals surface area contributed by atoms with Gasteiger partial charge in [0.1, 0.15) is 5.82 Å². The van der Waals surface area contributed by atoms with E-state index >= 15 is 0 Å². The van der Waals surface area contributed by atoms with E-state index in [0.717, 1.165) is 15.7 Å².